The Kier molecular flexibility index (Phi) is 3.02. The van der Waals surface area contributed by atoms with Crippen LogP contribution in [-0.4, -0.2) is 4.98 Å². The van der Waals surface area contributed by atoms with Crippen molar-refractivity contribution in [2.45, 2.75) is 6.04 Å². The van der Waals surface area contributed by atoms with E-state index in [1.54, 1.807) is 6.08 Å². The van der Waals surface area contributed by atoms with Crippen molar-refractivity contribution in [1.82, 2.24) is 4.98 Å². The van der Waals surface area contributed by atoms with Gasteiger partial charge in [0, 0.05) is 0 Å². The number of hydrogen-bond donors (Lipinski definition) is 1. The van der Waals surface area contributed by atoms with Gasteiger partial charge in [-0.05, 0) is 34.7 Å². The Labute approximate surface area is 79.7 Å². The summed E-state index contributed by atoms with van der Waals surface area (Å²) in [7, 11) is 0. The average molecular weight is 260 g/mol. The van der Waals surface area contributed by atoms with Crippen molar-refractivity contribution in [3.8, 4) is 0 Å². The van der Waals surface area contributed by atoms with E-state index in [0.717, 1.165) is 9.39 Å². The minimum Gasteiger partial charge on any atom is -0.319 e. The molecule has 58 valence electrons. The summed E-state index contributed by atoms with van der Waals surface area (Å²) in [6, 6.07) is 5.62. The molecule has 0 spiro atoms. The van der Waals surface area contributed by atoms with Gasteiger partial charge in [-0.25, -0.2) is 4.98 Å². The fourth-order valence-electron chi connectivity index (χ4n) is 0.730. The third-order valence-electron chi connectivity index (χ3n) is 1.33. The summed E-state index contributed by atoms with van der Waals surface area (Å²) >= 11 is 2.15. The van der Waals surface area contributed by atoms with Crippen LogP contribution in [0.5, 0.6) is 0 Å². The molecule has 0 saturated carbocycles. The van der Waals surface area contributed by atoms with Crippen LogP contribution in [0, 0.1) is 3.70 Å². The SMILES string of the molecule is C=C[C@H](N)c1cccc(I)n1. The normalized spacial score (nSPS) is 12.5. The quantitative estimate of drug-likeness (QED) is 0.501. The number of nitrogens with zero attached hydrogens (tertiary/aromatic N) is 1. The molecule has 0 unspecified atom stereocenters. The predicted molar refractivity (Wildman–Crippen MR) is 54.1 cm³/mol. The fraction of sp³-hybridized carbons (Fsp3) is 0.125. The van der Waals surface area contributed by atoms with Gasteiger partial charge in [0.2, 0.25) is 0 Å². The molecule has 0 aromatic carbocycles. The average Bonchev–Trinajstić information content (AvgIpc) is 2.03. The lowest BCUT2D eigenvalue weighted by molar-refractivity contribution is 0.858. The van der Waals surface area contributed by atoms with Crippen molar-refractivity contribution in [3.63, 3.8) is 0 Å². The maximum atomic E-state index is 5.68. The molecule has 2 nitrogen and oxygen atoms in total. The van der Waals surface area contributed by atoms with E-state index in [1.807, 2.05) is 18.2 Å². The molecule has 3 heteroatoms. The monoisotopic (exact) mass is 260 g/mol. The minimum absolute atomic E-state index is 0.148. The molecule has 0 saturated heterocycles. The van der Waals surface area contributed by atoms with E-state index in [1.165, 1.54) is 0 Å². The summed E-state index contributed by atoms with van der Waals surface area (Å²) in [5, 5.41) is 0. The number of halogens is 1. The van der Waals surface area contributed by atoms with Crippen molar-refractivity contribution >= 4 is 22.6 Å². The van der Waals surface area contributed by atoms with Crippen LogP contribution in [0.3, 0.4) is 0 Å². The summed E-state index contributed by atoms with van der Waals surface area (Å²) in [5.41, 5.74) is 6.55. The van der Waals surface area contributed by atoms with Gasteiger partial charge in [-0.1, -0.05) is 12.1 Å². The Morgan fingerprint density at radius 1 is 1.64 bits per heavy atom. The molecule has 0 radical (unpaired) electrons. The maximum absolute atomic E-state index is 5.68. The van der Waals surface area contributed by atoms with Crippen molar-refractivity contribution in [2.24, 2.45) is 5.73 Å². The Morgan fingerprint density at radius 3 is 2.91 bits per heavy atom. The Hall–Kier alpha value is -0.420. The van der Waals surface area contributed by atoms with Crippen LogP contribution in [0.15, 0.2) is 30.9 Å². The molecule has 1 aromatic rings. The number of rotatable bonds is 2. The lowest BCUT2D eigenvalue weighted by Crippen LogP contribution is -2.08. The van der Waals surface area contributed by atoms with Gasteiger partial charge in [0.1, 0.15) is 3.70 Å². The van der Waals surface area contributed by atoms with E-state index < -0.39 is 0 Å². The highest BCUT2D eigenvalue weighted by Gasteiger charge is 2.01. The molecule has 1 atom stereocenters. The van der Waals surface area contributed by atoms with Crippen LogP contribution in [0.1, 0.15) is 11.7 Å². The lowest BCUT2D eigenvalue weighted by Gasteiger charge is -2.04. The van der Waals surface area contributed by atoms with E-state index in [0.29, 0.717) is 0 Å². The fourth-order valence-corrected chi connectivity index (χ4v) is 1.22. The van der Waals surface area contributed by atoms with E-state index >= 15 is 0 Å². The first-order chi connectivity index (χ1) is 5.24. The Bertz CT molecular complexity index is 260. The van der Waals surface area contributed by atoms with Crippen LogP contribution in [0.25, 0.3) is 0 Å². The number of hydrogen-bond acceptors (Lipinski definition) is 2. The third kappa shape index (κ3) is 2.27. The zero-order valence-corrected chi connectivity index (χ0v) is 8.15. The molecule has 1 heterocycles. The largest absolute Gasteiger partial charge is 0.319 e. The zero-order valence-electron chi connectivity index (χ0n) is 6.00. The van der Waals surface area contributed by atoms with Crippen molar-refractivity contribution < 1.29 is 0 Å². The Balaban J connectivity index is 2.95. The summed E-state index contributed by atoms with van der Waals surface area (Å²) in [5.74, 6) is 0. The second-order valence-electron chi connectivity index (χ2n) is 2.15. The molecule has 0 amide bonds. The molecular formula is C8H9IN2. The zero-order chi connectivity index (χ0) is 8.27. The smallest absolute Gasteiger partial charge is 0.101 e. The molecule has 0 aliphatic carbocycles. The molecule has 0 bridgehead atoms. The first-order valence-electron chi connectivity index (χ1n) is 3.24. The lowest BCUT2D eigenvalue weighted by atomic mass is 10.2. The summed E-state index contributed by atoms with van der Waals surface area (Å²) in [6.45, 7) is 3.60. The van der Waals surface area contributed by atoms with Gasteiger partial charge in [-0.15, -0.1) is 6.58 Å². The van der Waals surface area contributed by atoms with Gasteiger partial charge in [0.05, 0.1) is 11.7 Å². The molecule has 0 aliphatic rings. The minimum atomic E-state index is -0.148. The van der Waals surface area contributed by atoms with Crippen LogP contribution >= 0.6 is 22.6 Å². The van der Waals surface area contributed by atoms with Crippen LogP contribution in [-0.2, 0) is 0 Å². The van der Waals surface area contributed by atoms with Crippen molar-refractivity contribution in [3.05, 3.63) is 40.2 Å². The van der Waals surface area contributed by atoms with Crippen LogP contribution < -0.4 is 5.73 Å². The number of nitrogens with two attached hydrogens (primary N) is 1. The number of pyridine rings is 1. The first kappa shape index (κ1) is 8.67. The van der Waals surface area contributed by atoms with Crippen LogP contribution in [0.2, 0.25) is 0 Å². The third-order valence-corrected chi connectivity index (χ3v) is 1.93. The number of aromatic nitrogens is 1. The van der Waals surface area contributed by atoms with Gasteiger partial charge in [0.25, 0.3) is 0 Å². The first-order valence-corrected chi connectivity index (χ1v) is 4.32. The van der Waals surface area contributed by atoms with Gasteiger partial charge in [-0.2, -0.15) is 0 Å². The summed E-state index contributed by atoms with van der Waals surface area (Å²) < 4.78 is 0.956. The highest BCUT2D eigenvalue weighted by Crippen LogP contribution is 2.09. The Morgan fingerprint density at radius 2 is 2.36 bits per heavy atom. The predicted octanol–water partition coefficient (Wildman–Crippen LogP) is 1.87. The highest BCUT2D eigenvalue weighted by molar-refractivity contribution is 14.1. The molecule has 0 fully saturated rings. The van der Waals surface area contributed by atoms with E-state index in [2.05, 4.69) is 34.2 Å². The second kappa shape index (κ2) is 3.82. The molecule has 1 rings (SSSR count). The van der Waals surface area contributed by atoms with Crippen LogP contribution in [0.4, 0.5) is 0 Å². The molecule has 0 aliphatic heterocycles. The second-order valence-corrected chi connectivity index (χ2v) is 3.25. The van der Waals surface area contributed by atoms with Crippen molar-refractivity contribution in [2.75, 3.05) is 0 Å². The van der Waals surface area contributed by atoms with E-state index in [-0.39, 0.29) is 6.04 Å². The maximum Gasteiger partial charge on any atom is 0.101 e. The highest BCUT2D eigenvalue weighted by atomic mass is 127. The molecule has 2 N–H and O–H groups in total. The molecule has 11 heavy (non-hydrogen) atoms. The van der Waals surface area contributed by atoms with Gasteiger partial charge >= 0.3 is 0 Å². The van der Waals surface area contributed by atoms with E-state index in [4.69, 9.17) is 5.73 Å². The molecular weight excluding hydrogens is 251 g/mol. The van der Waals surface area contributed by atoms with Crippen molar-refractivity contribution in [1.29, 1.82) is 0 Å². The van der Waals surface area contributed by atoms with Gasteiger partial charge in [0.15, 0.2) is 0 Å². The summed E-state index contributed by atoms with van der Waals surface area (Å²) in [4.78, 5) is 4.23. The topological polar surface area (TPSA) is 38.9 Å². The summed E-state index contributed by atoms with van der Waals surface area (Å²) in [6.07, 6.45) is 1.68. The molecule has 1 aromatic heterocycles. The standard InChI is InChI=1S/C8H9IN2/c1-2-6(10)7-4-3-5-8(9)11-7/h2-6H,1,10H2/t6-/m0/s1. The van der Waals surface area contributed by atoms with Gasteiger partial charge in [-0.3, -0.25) is 0 Å². The van der Waals surface area contributed by atoms with E-state index in [9.17, 15) is 0 Å². The van der Waals surface area contributed by atoms with Gasteiger partial charge < -0.3 is 5.73 Å².